The smallest absolute Gasteiger partial charge is 0.240 e. The molecule has 1 aromatic rings. The number of aromatic nitrogens is 1. The van der Waals surface area contributed by atoms with Crippen molar-refractivity contribution in [3.8, 4) is 0 Å². The fourth-order valence-electron chi connectivity index (χ4n) is 5.43. The van der Waals surface area contributed by atoms with Crippen molar-refractivity contribution >= 4 is 28.5 Å². The van der Waals surface area contributed by atoms with E-state index in [1.807, 2.05) is 12.1 Å². The Labute approximate surface area is 187 Å². The summed E-state index contributed by atoms with van der Waals surface area (Å²) in [7, 11) is 0. The van der Waals surface area contributed by atoms with Gasteiger partial charge in [0.1, 0.15) is 17.2 Å². The summed E-state index contributed by atoms with van der Waals surface area (Å²) >= 11 is 1.54. The molecule has 3 saturated heterocycles. The van der Waals surface area contributed by atoms with Crippen molar-refractivity contribution in [3.05, 3.63) is 24.4 Å². The number of nitrogens with two attached hydrogens (primary N) is 1. The van der Waals surface area contributed by atoms with Crippen LogP contribution in [0.25, 0.3) is 0 Å². The first-order valence-electron chi connectivity index (χ1n) is 11.1. The molecule has 3 fully saturated rings. The zero-order valence-corrected chi connectivity index (χ0v) is 18.9. The maximum absolute atomic E-state index is 13.1. The Bertz CT molecular complexity index is 845. The van der Waals surface area contributed by atoms with Crippen molar-refractivity contribution < 1.29 is 14.3 Å². The van der Waals surface area contributed by atoms with Crippen LogP contribution in [-0.4, -0.2) is 76.8 Å². The number of rotatable bonds is 3. The lowest BCUT2D eigenvalue weighted by molar-refractivity contribution is -0.136. The Morgan fingerprint density at radius 2 is 2.10 bits per heavy atom. The molecule has 5 heterocycles. The third kappa shape index (κ3) is 4.14. The normalized spacial score (nSPS) is 37.5. The van der Waals surface area contributed by atoms with Gasteiger partial charge < -0.3 is 20.5 Å². The summed E-state index contributed by atoms with van der Waals surface area (Å²) in [6, 6.07) is 5.20. The monoisotopic (exact) mass is 445 g/mol. The van der Waals surface area contributed by atoms with Gasteiger partial charge in [0.05, 0.1) is 30.5 Å². The van der Waals surface area contributed by atoms with Gasteiger partial charge in [-0.25, -0.2) is 4.98 Å². The first kappa shape index (κ1) is 21.3. The number of morpholine rings is 1. The fourth-order valence-corrected chi connectivity index (χ4v) is 6.84. The minimum atomic E-state index is -0.374. The number of nitrogens with one attached hydrogen (secondary N) is 1. The van der Waals surface area contributed by atoms with Crippen LogP contribution in [0.5, 0.6) is 0 Å². The topological polar surface area (TPSA) is 102 Å². The summed E-state index contributed by atoms with van der Waals surface area (Å²) in [6.45, 7) is 8.19. The SMILES string of the molecule is CC1(C)CC2C(CO1)C(N1CCOCC1)N=C1SC(C(=O)Nc3ccccn3)C(N)C12. The third-order valence-corrected chi connectivity index (χ3v) is 8.34. The molecule has 1 amide bonds. The highest BCUT2D eigenvalue weighted by molar-refractivity contribution is 8.15. The number of amides is 1. The second-order valence-corrected chi connectivity index (χ2v) is 10.6. The molecule has 0 radical (unpaired) electrons. The summed E-state index contributed by atoms with van der Waals surface area (Å²) in [5.74, 6) is 1.17. The van der Waals surface area contributed by atoms with Crippen LogP contribution >= 0.6 is 11.8 Å². The van der Waals surface area contributed by atoms with E-state index in [-0.39, 0.29) is 40.8 Å². The molecule has 6 atom stereocenters. The molecule has 0 aromatic carbocycles. The van der Waals surface area contributed by atoms with Gasteiger partial charge >= 0.3 is 0 Å². The van der Waals surface area contributed by atoms with Crippen LogP contribution in [0.4, 0.5) is 5.82 Å². The molecule has 0 saturated carbocycles. The molecule has 0 spiro atoms. The lowest BCUT2D eigenvalue weighted by Gasteiger charge is -2.51. The predicted molar refractivity (Wildman–Crippen MR) is 121 cm³/mol. The zero-order valence-electron chi connectivity index (χ0n) is 18.1. The molecule has 0 aliphatic carbocycles. The summed E-state index contributed by atoms with van der Waals surface area (Å²) in [4.78, 5) is 24.9. The Kier molecular flexibility index (Phi) is 5.81. The van der Waals surface area contributed by atoms with Crippen molar-refractivity contribution in [2.75, 3.05) is 38.2 Å². The number of carbonyl (C=O) groups excluding carboxylic acids is 1. The molecule has 9 heteroatoms. The van der Waals surface area contributed by atoms with Crippen molar-refractivity contribution in [3.63, 3.8) is 0 Å². The molecule has 3 N–H and O–H groups in total. The number of nitrogens with zero attached hydrogens (tertiary/aromatic N) is 3. The summed E-state index contributed by atoms with van der Waals surface area (Å²) in [6.07, 6.45) is 2.65. The van der Waals surface area contributed by atoms with E-state index in [4.69, 9.17) is 20.2 Å². The van der Waals surface area contributed by atoms with Gasteiger partial charge in [0.15, 0.2) is 0 Å². The van der Waals surface area contributed by atoms with Crippen LogP contribution in [0.15, 0.2) is 29.4 Å². The average molecular weight is 446 g/mol. The predicted octanol–water partition coefficient (Wildman–Crippen LogP) is 1.58. The largest absolute Gasteiger partial charge is 0.379 e. The summed E-state index contributed by atoms with van der Waals surface area (Å²) in [5, 5.41) is 3.59. The van der Waals surface area contributed by atoms with Crippen LogP contribution < -0.4 is 11.1 Å². The Hall–Kier alpha value is -1.52. The second-order valence-electron chi connectivity index (χ2n) is 9.48. The van der Waals surface area contributed by atoms with Crippen molar-refractivity contribution in [1.29, 1.82) is 0 Å². The van der Waals surface area contributed by atoms with Crippen molar-refractivity contribution in [1.82, 2.24) is 9.88 Å². The van der Waals surface area contributed by atoms with Gasteiger partial charge in [-0.15, -0.1) is 0 Å². The average Bonchev–Trinajstić information content (AvgIpc) is 3.10. The van der Waals surface area contributed by atoms with Gasteiger partial charge in [0.2, 0.25) is 5.91 Å². The van der Waals surface area contributed by atoms with E-state index in [1.54, 1.807) is 24.0 Å². The minimum absolute atomic E-state index is 0.0635. The fraction of sp³-hybridized carbons (Fsp3) is 0.682. The molecule has 168 valence electrons. The molecular weight excluding hydrogens is 414 g/mol. The van der Waals surface area contributed by atoms with E-state index in [0.29, 0.717) is 18.3 Å². The highest BCUT2D eigenvalue weighted by atomic mass is 32.2. The van der Waals surface area contributed by atoms with E-state index in [2.05, 4.69) is 29.0 Å². The maximum Gasteiger partial charge on any atom is 0.240 e. The number of ether oxygens (including phenoxy) is 2. The van der Waals surface area contributed by atoms with E-state index >= 15 is 0 Å². The quantitative estimate of drug-likeness (QED) is 0.728. The number of anilines is 1. The van der Waals surface area contributed by atoms with Crippen LogP contribution in [0.2, 0.25) is 0 Å². The molecule has 6 unspecified atom stereocenters. The molecule has 8 nitrogen and oxygen atoms in total. The molecule has 1 aromatic heterocycles. The van der Waals surface area contributed by atoms with Gasteiger partial charge in [-0.1, -0.05) is 17.8 Å². The Balaban J connectivity index is 1.42. The van der Waals surface area contributed by atoms with Crippen LogP contribution in [-0.2, 0) is 14.3 Å². The highest BCUT2D eigenvalue weighted by Gasteiger charge is 2.56. The maximum atomic E-state index is 13.1. The van der Waals surface area contributed by atoms with Gasteiger partial charge in [-0.3, -0.25) is 14.7 Å². The number of fused-ring (bicyclic) bond motifs is 3. The van der Waals surface area contributed by atoms with Crippen molar-refractivity contribution in [2.24, 2.45) is 28.5 Å². The molecule has 31 heavy (non-hydrogen) atoms. The first-order valence-corrected chi connectivity index (χ1v) is 12.0. The Morgan fingerprint density at radius 3 is 2.84 bits per heavy atom. The number of aliphatic imine (C=N–C) groups is 1. The van der Waals surface area contributed by atoms with Gasteiger partial charge in [0.25, 0.3) is 0 Å². The zero-order chi connectivity index (χ0) is 21.6. The van der Waals surface area contributed by atoms with E-state index in [0.717, 1.165) is 37.8 Å². The number of pyridine rings is 1. The van der Waals surface area contributed by atoms with Gasteiger partial charge in [-0.05, 0) is 38.3 Å². The van der Waals surface area contributed by atoms with E-state index in [9.17, 15) is 4.79 Å². The van der Waals surface area contributed by atoms with Crippen molar-refractivity contribution in [2.45, 2.75) is 43.3 Å². The lowest BCUT2D eigenvalue weighted by Crippen LogP contribution is -2.58. The van der Waals surface area contributed by atoms with Crippen LogP contribution in [0, 0.1) is 17.8 Å². The number of carbonyl (C=O) groups is 1. The lowest BCUT2D eigenvalue weighted by atomic mass is 9.68. The van der Waals surface area contributed by atoms with Crippen LogP contribution in [0.3, 0.4) is 0 Å². The minimum Gasteiger partial charge on any atom is -0.379 e. The van der Waals surface area contributed by atoms with E-state index in [1.165, 1.54) is 0 Å². The standard InChI is InChI=1S/C22H31N5O3S/c1-22(2)11-13-14(12-30-22)19(27-7-9-29-10-8-27)26-21-16(13)17(23)18(31-21)20(28)25-15-5-3-4-6-24-15/h3-6,13-14,16-19H,7-12,23H2,1-2H3,(H,24,25,28). The molecule has 5 rings (SSSR count). The second kappa shape index (κ2) is 8.44. The first-order chi connectivity index (χ1) is 14.9. The van der Waals surface area contributed by atoms with Gasteiger partial charge in [0, 0.05) is 37.2 Å². The summed E-state index contributed by atoms with van der Waals surface area (Å²) in [5.41, 5.74) is 6.55. The highest BCUT2D eigenvalue weighted by Crippen LogP contribution is 2.50. The van der Waals surface area contributed by atoms with Crippen LogP contribution in [0.1, 0.15) is 20.3 Å². The number of thioether (sulfide) groups is 1. The molecule has 4 aliphatic rings. The number of hydrogen-bond donors (Lipinski definition) is 2. The van der Waals surface area contributed by atoms with E-state index < -0.39 is 0 Å². The summed E-state index contributed by atoms with van der Waals surface area (Å²) < 4.78 is 11.8. The number of hydrogen-bond acceptors (Lipinski definition) is 8. The molecule has 0 bridgehead atoms. The van der Waals surface area contributed by atoms with Gasteiger partial charge in [-0.2, -0.15) is 0 Å². The third-order valence-electron chi connectivity index (χ3n) is 6.94. The Morgan fingerprint density at radius 1 is 1.29 bits per heavy atom. The molecule has 4 aliphatic heterocycles. The molecular formula is C22H31N5O3S.